The minimum absolute atomic E-state index is 0.0882. The third-order valence-electron chi connectivity index (χ3n) is 5.01. The molecule has 1 aromatic rings. The zero-order valence-electron chi connectivity index (χ0n) is 15.9. The van der Waals surface area contributed by atoms with E-state index >= 15 is 0 Å². The molecule has 0 unspecified atom stereocenters. The standard InChI is InChI=1S/C19H33N3OS/c1-6-7-16-12-18(24-15(16)4)19(23)20-13-17(14(2)3)22-10-8-21(5)9-11-22/h12,14,17H,6-11,13H2,1-5H3,(H,20,23)/t17-/m0/s1. The maximum Gasteiger partial charge on any atom is 0.261 e. The fraction of sp³-hybridized carbons (Fsp3) is 0.737. The van der Waals surface area contributed by atoms with Crippen LogP contribution < -0.4 is 5.32 Å². The van der Waals surface area contributed by atoms with Gasteiger partial charge in [0, 0.05) is 43.6 Å². The molecule has 0 bridgehead atoms. The van der Waals surface area contributed by atoms with E-state index in [0.29, 0.717) is 12.0 Å². The largest absolute Gasteiger partial charge is 0.350 e. The zero-order valence-corrected chi connectivity index (χ0v) is 16.7. The summed E-state index contributed by atoms with van der Waals surface area (Å²) in [4.78, 5) is 19.6. The van der Waals surface area contributed by atoms with Crippen molar-refractivity contribution < 1.29 is 4.79 Å². The Morgan fingerprint density at radius 3 is 2.54 bits per heavy atom. The van der Waals surface area contributed by atoms with Crippen LogP contribution >= 0.6 is 11.3 Å². The van der Waals surface area contributed by atoms with Gasteiger partial charge in [-0.25, -0.2) is 0 Å². The van der Waals surface area contributed by atoms with Crippen molar-refractivity contribution in [3.63, 3.8) is 0 Å². The van der Waals surface area contributed by atoms with Crippen molar-refractivity contribution >= 4 is 17.2 Å². The number of likely N-dealkylation sites (N-methyl/N-ethyl adjacent to an activating group) is 1. The van der Waals surface area contributed by atoms with E-state index < -0.39 is 0 Å². The van der Waals surface area contributed by atoms with Gasteiger partial charge in [0.2, 0.25) is 0 Å². The molecule has 0 radical (unpaired) electrons. The number of hydrogen-bond donors (Lipinski definition) is 1. The molecule has 1 aliphatic heterocycles. The summed E-state index contributed by atoms with van der Waals surface area (Å²) in [7, 11) is 2.18. The molecule has 24 heavy (non-hydrogen) atoms. The number of aryl methyl sites for hydroxylation is 2. The molecule has 0 aromatic carbocycles. The highest BCUT2D eigenvalue weighted by Crippen LogP contribution is 2.23. The first kappa shape index (κ1) is 19.4. The van der Waals surface area contributed by atoms with Gasteiger partial charge in [-0.05, 0) is 37.9 Å². The van der Waals surface area contributed by atoms with Gasteiger partial charge >= 0.3 is 0 Å². The average molecular weight is 352 g/mol. The predicted octanol–water partition coefficient (Wildman–Crippen LogP) is 3.01. The van der Waals surface area contributed by atoms with Gasteiger partial charge in [0.25, 0.3) is 5.91 Å². The molecule has 1 aromatic heterocycles. The highest BCUT2D eigenvalue weighted by Gasteiger charge is 2.25. The molecule has 136 valence electrons. The molecule has 4 nitrogen and oxygen atoms in total. The van der Waals surface area contributed by atoms with Crippen LogP contribution in [-0.2, 0) is 6.42 Å². The summed E-state index contributed by atoms with van der Waals surface area (Å²) in [6.07, 6.45) is 2.18. The van der Waals surface area contributed by atoms with E-state index in [2.05, 4.69) is 55.9 Å². The Labute approximate surface area is 151 Å². The Morgan fingerprint density at radius 1 is 1.29 bits per heavy atom. The number of carbonyl (C=O) groups is 1. The average Bonchev–Trinajstić information content (AvgIpc) is 2.90. The maximum atomic E-state index is 12.5. The summed E-state index contributed by atoms with van der Waals surface area (Å²) in [6, 6.07) is 2.50. The minimum atomic E-state index is 0.0882. The van der Waals surface area contributed by atoms with Gasteiger partial charge in [0.05, 0.1) is 4.88 Å². The summed E-state index contributed by atoms with van der Waals surface area (Å²) in [6.45, 7) is 14.0. The fourth-order valence-corrected chi connectivity index (χ4v) is 4.36. The van der Waals surface area contributed by atoms with Crippen molar-refractivity contribution in [3.8, 4) is 0 Å². The van der Waals surface area contributed by atoms with E-state index in [1.54, 1.807) is 11.3 Å². The third kappa shape index (κ3) is 5.04. The molecular weight excluding hydrogens is 318 g/mol. The van der Waals surface area contributed by atoms with Crippen LogP contribution in [0.3, 0.4) is 0 Å². The lowest BCUT2D eigenvalue weighted by atomic mass is 10.0. The predicted molar refractivity (Wildman–Crippen MR) is 103 cm³/mol. The molecule has 1 aliphatic rings. The summed E-state index contributed by atoms with van der Waals surface area (Å²) in [5, 5.41) is 3.19. The summed E-state index contributed by atoms with van der Waals surface area (Å²) >= 11 is 1.63. The second kappa shape index (κ2) is 8.97. The molecule has 1 atom stereocenters. The van der Waals surface area contributed by atoms with Crippen LogP contribution in [0.4, 0.5) is 0 Å². The van der Waals surface area contributed by atoms with Gasteiger partial charge in [0.1, 0.15) is 0 Å². The number of thiophene rings is 1. The number of carbonyl (C=O) groups excluding carboxylic acids is 1. The first-order chi connectivity index (χ1) is 11.4. The fourth-order valence-electron chi connectivity index (χ4n) is 3.37. The maximum absolute atomic E-state index is 12.5. The molecule has 5 heteroatoms. The Hall–Kier alpha value is -0.910. The highest BCUT2D eigenvalue weighted by atomic mass is 32.1. The Morgan fingerprint density at radius 2 is 1.96 bits per heavy atom. The molecule has 0 spiro atoms. The molecule has 2 heterocycles. The number of rotatable bonds is 7. The van der Waals surface area contributed by atoms with Crippen molar-refractivity contribution in [3.05, 3.63) is 21.4 Å². The van der Waals surface area contributed by atoms with Crippen molar-refractivity contribution in [2.24, 2.45) is 5.92 Å². The van der Waals surface area contributed by atoms with E-state index in [0.717, 1.165) is 50.4 Å². The van der Waals surface area contributed by atoms with Crippen molar-refractivity contribution in [2.45, 2.75) is 46.6 Å². The molecule has 2 rings (SSSR count). The monoisotopic (exact) mass is 351 g/mol. The van der Waals surface area contributed by atoms with E-state index in [9.17, 15) is 4.79 Å². The normalized spacial score (nSPS) is 18.1. The van der Waals surface area contributed by atoms with Crippen LogP contribution in [0, 0.1) is 12.8 Å². The molecule has 0 aliphatic carbocycles. The Balaban J connectivity index is 1.93. The molecular formula is C19H33N3OS. The summed E-state index contributed by atoms with van der Waals surface area (Å²) in [5.41, 5.74) is 1.33. The lowest BCUT2D eigenvalue weighted by molar-refractivity contribution is 0.0793. The third-order valence-corrected chi connectivity index (χ3v) is 6.10. The number of piperazine rings is 1. The number of hydrogen-bond acceptors (Lipinski definition) is 4. The number of amides is 1. The van der Waals surface area contributed by atoms with Crippen molar-refractivity contribution in [2.75, 3.05) is 39.8 Å². The van der Waals surface area contributed by atoms with E-state index in [-0.39, 0.29) is 5.91 Å². The van der Waals surface area contributed by atoms with Crippen LogP contribution in [0.2, 0.25) is 0 Å². The van der Waals surface area contributed by atoms with Gasteiger partial charge in [0.15, 0.2) is 0 Å². The van der Waals surface area contributed by atoms with Gasteiger partial charge in [-0.15, -0.1) is 11.3 Å². The second-order valence-electron chi connectivity index (χ2n) is 7.30. The SMILES string of the molecule is CCCc1cc(C(=O)NC[C@@H](C(C)C)N2CCN(C)CC2)sc1C. The Kier molecular flexibility index (Phi) is 7.26. The Bertz CT molecular complexity index is 533. The lowest BCUT2D eigenvalue weighted by Gasteiger charge is -2.39. The zero-order chi connectivity index (χ0) is 17.7. The van der Waals surface area contributed by atoms with E-state index in [1.165, 1.54) is 10.4 Å². The number of nitrogens with zero attached hydrogens (tertiary/aromatic N) is 2. The molecule has 1 saturated heterocycles. The van der Waals surface area contributed by atoms with Gasteiger partial charge < -0.3 is 10.2 Å². The van der Waals surface area contributed by atoms with E-state index in [4.69, 9.17) is 0 Å². The first-order valence-corrected chi connectivity index (χ1v) is 10.0. The van der Waals surface area contributed by atoms with Crippen LogP contribution in [0.25, 0.3) is 0 Å². The second-order valence-corrected chi connectivity index (χ2v) is 8.56. The van der Waals surface area contributed by atoms with Crippen LogP contribution in [0.5, 0.6) is 0 Å². The smallest absolute Gasteiger partial charge is 0.261 e. The quantitative estimate of drug-likeness (QED) is 0.820. The highest BCUT2D eigenvalue weighted by molar-refractivity contribution is 7.14. The topological polar surface area (TPSA) is 35.6 Å². The molecule has 1 amide bonds. The number of nitrogens with one attached hydrogen (secondary N) is 1. The van der Waals surface area contributed by atoms with Gasteiger partial charge in [-0.1, -0.05) is 27.2 Å². The van der Waals surface area contributed by atoms with Crippen LogP contribution in [-0.4, -0.2) is 61.5 Å². The molecule has 0 saturated carbocycles. The van der Waals surface area contributed by atoms with Crippen molar-refractivity contribution in [1.29, 1.82) is 0 Å². The van der Waals surface area contributed by atoms with E-state index in [1.807, 2.05) is 0 Å². The minimum Gasteiger partial charge on any atom is -0.350 e. The van der Waals surface area contributed by atoms with Crippen LogP contribution in [0.15, 0.2) is 6.07 Å². The lowest BCUT2D eigenvalue weighted by Crippen LogP contribution is -2.54. The summed E-state index contributed by atoms with van der Waals surface area (Å²) in [5.74, 6) is 0.625. The van der Waals surface area contributed by atoms with Crippen molar-refractivity contribution in [1.82, 2.24) is 15.1 Å². The van der Waals surface area contributed by atoms with Crippen LogP contribution in [0.1, 0.15) is 47.3 Å². The van der Waals surface area contributed by atoms with Gasteiger partial charge in [-0.3, -0.25) is 9.69 Å². The van der Waals surface area contributed by atoms with Gasteiger partial charge in [-0.2, -0.15) is 0 Å². The molecule has 1 fully saturated rings. The summed E-state index contributed by atoms with van der Waals surface area (Å²) < 4.78 is 0. The molecule has 1 N–H and O–H groups in total. The first-order valence-electron chi connectivity index (χ1n) is 9.22.